The van der Waals surface area contributed by atoms with Gasteiger partial charge in [-0.1, -0.05) is 26.3 Å². The standard InChI is InChI=1S/C10H16N2O/c1-3-4-5-6-12-8-11-7-10(12)9(2)13/h7-8,13H,2-6H2,1H3. The molecule has 0 radical (unpaired) electrons. The van der Waals surface area contributed by atoms with Gasteiger partial charge < -0.3 is 9.67 Å². The predicted molar refractivity (Wildman–Crippen MR) is 53.4 cm³/mol. The fourth-order valence-corrected chi connectivity index (χ4v) is 1.27. The van der Waals surface area contributed by atoms with E-state index in [2.05, 4.69) is 18.5 Å². The highest BCUT2D eigenvalue weighted by Gasteiger charge is 2.03. The molecule has 0 atom stereocenters. The van der Waals surface area contributed by atoms with E-state index in [-0.39, 0.29) is 5.76 Å². The van der Waals surface area contributed by atoms with Crippen LogP contribution >= 0.6 is 0 Å². The maximum Gasteiger partial charge on any atom is 0.133 e. The summed E-state index contributed by atoms with van der Waals surface area (Å²) in [6.07, 6.45) is 6.88. The van der Waals surface area contributed by atoms with E-state index in [1.165, 1.54) is 12.8 Å². The normalized spacial score (nSPS) is 10.2. The maximum atomic E-state index is 9.19. The molecule has 1 aromatic heterocycles. The molecule has 0 aliphatic carbocycles. The molecule has 0 aliphatic heterocycles. The van der Waals surface area contributed by atoms with E-state index in [1.807, 2.05) is 4.57 Å². The highest BCUT2D eigenvalue weighted by atomic mass is 16.3. The highest BCUT2D eigenvalue weighted by Crippen LogP contribution is 2.09. The number of rotatable bonds is 5. The summed E-state index contributed by atoms with van der Waals surface area (Å²) in [6, 6.07) is 0. The molecule has 0 aromatic carbocycles. The van der Waals surface area contributed by atoms with E-state index in [9.17, 15) is 5.11 Å². The Balaban J connectivity index is 2.55. The third-order valence-electron chi connectivity index (χ3n) is 2.01. The lowest BCUT2D eigenvalue weighted by Crippen LogP contribution is -2.00. The Labute approximate surface area is 78.7 Å². The number of unbranched alkanes of at least 4 members (excludes halogenated alkanes) is 2. The largest absolute Gasteiger partial charge is 0.506 e. The molecule has 3 nitrogen and oxygen atoms in total. The van der Waals surface area contributed by atoms with Crippen LogP contribution in [0.25, 0.3) is 5.76 Å². The summed E-state index contributed by atoms with van der Waals surface area (Å²) in [5.41, 5.74) is 0.719. The van der Waals surface area contributed by atoms with Gasteiger partial charge in [-0.2, -0.15) is 0 Å². The van der Waals surface area contributed by atoms with Gasteiger partial charge in [-0.15, -0.1) is 0 Å². The zero-order valence-electron chi connectivity index (χ0n) is 8.03. The summed E-state index contributed by atoms with van der Waals surface area (Å²) in [5.74, 6) is 0.0917. The molecule has 1 heterocycles. The van der Waals surface area contributed by atoms with Gasteiger partial charge in [0.25, 0.3) is 0 Å². The minimum absolute atomic E-state index is 0.0917. The Morgan fingerprint density at radius 3 is 3.00 bits per heavy atom. The minimum Gasteiger partial charge on any atom is -0.506 e. The second-order valence-corrected chi connectivity index (χ2v) is 3.13. The van der Waals surface area contributed by atoms with Crippen LogP contribution in [-0.2, 0) is 6.54 Å². The number of hydrogen-bond donors (Lipinski definition) is 1. The van der Waals surface area contributed by atoms with Gasteiger partial charge in [0.2, 0.25) is 0 Å². The third-order valence-corrected chi connectivity index (χ3v) is 2.01. The SMILES string of the molecule is C=C(O)c1cncn1CCCCC. The Morgan fingerprint density at radius 2 is 2.38 bits per heavy atom. The predicted octanol–water partition coefficient (Wildman–Crippen LogP) is 2.60. The number of aryl methyl sites for hydroxylation is 1. The van der Waals surface area contributed by atoms with Crippen molar-refractivity contribution in [3.63, 3.8) is 0 Å². The molecule has 72 valence electrons. The van der Waals surface area contributed by atoms with Crippen LogP contribution in [0.15, 0.2) is 19.1 Å². The van der Waals surface area contributed by atoms with Crippen LogP contribution in [-0.4, -0.2) is 14.7 Å². The monoisotopic (exact) mass is 180 g/mol. The molecule has 0 saturated heterocycles. The van der Waals surface area contributed by atoms with Gasteiger partial charge in [-0.05, 0) is 6.42 Å². The van der Waals surface area contributed by atoms with E-state index >= 15 is 0 Å². The topological polar surface area (TPSA) is 38.1 Å². The fourth-order valence-electron chi connectivity index (χ4n) is 1.27. The molecular weight excluding hydrogens is 164 g/mol. The molecule has 3 heteroatoms. The molecule has 0 unspecified atom stereocenters. The number of hydrogen-bond acceptors (Lipinski definition) is 2. The number of imidazole rings is 1. The van der Waals surface area contributed by atoms with Crippen LogP contribution < -0.4 is 0 Å². The average Bonchev–Trinajstić information content (AvgIpc) is 2.53. The van der Waals surface area contributed by atoms with Crippen LogP contribution in [0.3, 0.4) is 0 Å². The summed E-state index contributed by atoms with van der Waals surface area (Å²) in [7, 11) is 0. The first-order chi connectivity index (χ1) is 6.25. The van der Waals surface area contributed by atoms with Gasteiger partial charge in [0.05, 0.1) is 12.5 Å². The second kappa shape index (κ2) is 4.70. The molecule has 0 bridgehead atoms. The lowest BCUT2D eigenvalue weighted by Gasteiger charge is -2.05. The molecule has 0 spiro atoms. The molecule has 0 aliphatic rings. The number of aliphatic hydroxyl groups is 1. The van der Waals surface area contributed by atoms with Crippen molar-refractivity contribution in [3.05, 3.63) is 24.8 Å². The summed E-state index contributed by atoms with van der Waals surface area (Å²) in [5, 5.41) is 9.19. The molecule has 0 fully saturated rings. The molecule has 13 heavy (non-hydrogen) atoms. The van der Waals surface area contributed by atoms with Gasteiger partial charge >= 0.3 is 0 Å². The summed E-state index contributed by atoms with van der Waals surface area (Å²) < 4.78 is 1.93. The zero-order valence-corrected chi connectivity index (χ0v) is 8.03. The average molecular weight is 180 g/mol. The molecule has 0 amide bonds. The van der Waals surface area contributed by atoms with Crippen molar-refractivity contribution in [1.29, 1.82) is 0 Å². The Kier molecular flexibility index (Phi) is 3.55. The third kappa shape index (κ3) is 2.61. The van der Waals surface area contributed by atoms with Gasteiger partial charge in [-0.25, -0.2) is 4.98 Å². The zero-order chi connectivity index (χ0) is 9.68. The van der Waals surface area contributed by atoms with Crippen molar-refractivity contribution in [2.24, 2.45) is 0 Å². The molecule has 0 saturated carbocycles. The Hall–Kier alpha value is -1.25. The Bertz CT molecular complexity index is 278. The van der Waals surface area contributed by atoms with Crippen molar-refractivity contribution >= 4 is 5.76 Å². The first-order valence-corrected chi connectivity index (χ1v) is 4.64. The molecule has 1 N–H and O–H groups in total. The van der Waals surface area contributed by atoms with Crippen molar-refractivity contribution in [3.8, 4) is 0 Å². The molecule has 1 aromatic rings. The van der Waals surface area contributed by atoms with Crippen LogP contribution in [0.4, 0.5) is 0 Å². The first kappa shape index (κ1) is 9.84. The maximum absolute atomic E-state index is 9.19. The van der Waals surface area contributed by atoms with E-state index < -0.39 is 0 Å². The van der Waals surface area contributed by atoms with E-state index in [4.69, 9.17) is 0 Å². The molecule has 1 rings (SSSR count). The highest BCUT2D eigenvalue weighted by molar-refractivity contribution is 5.50. The smallest absolute Gasteiger partial charge is 0.133 e. The van der Waals surface area contributed by atoms with E-state index in [1.54, 1.807) is 12.5 Å². The van der Waals surface area contributed by atoms with Gasteiger partial charge in [0.1, 0.15) is 11.5 Å². The fraction of sp³-hybridized carbons (Fsp3) is 0.500. The van der Waals surface area contributed by atoms with Crippen LogP contribution in [0.1, 0.15) is 31.9 Å². The van der Waals surface area contributed by atoms with Gasteiger partial charge in [0.15, 0.2) is 0 Å². The van der Waals surface area contributed by atoms with E-state index in [0.29, 0.717) is 0 Å². The van der Waals surface area contributed by atoms with Gasteiger partial charge in [-0.3, -0.25) is 0 Å². The van der Waals surface area contributed by atoms with E-state index in [0.717, 1.165) is 18.7 Å². The van der Waals surface area contributed by atoms with Crippen LogP contribution in [0, 0.1) is 0 Å². The number of aliphatic hydroxyl groups excluding tert-OH is 1. The molecular formula is C10H16N2O. The van der Waals surface area contributed by atoms with Crippen molar-refractivity contribution in [2.75, 3.05) is 0 Å². The number of aromatic nitrogens is 2. The van der Waals surface area contributed by atoms with Crippen molar-refractivity contribution in [2.45, 2.75) is 32.7 Å². The summed E-state index contributed by atoms with van der Waals surface area (Å²) in [6.45, 7) is 6.55. The van der Waals surface area contributed by atoms with Crippen molar-refractivity contribution < 1.29 is 5.11 Å². The van der Waals surface area contributed by atoms with Gasteiger partial charge in [0, 0.05) is 6.54 Å². The summed E-state index contributed by atoms with van der Waals surface area (Å²) >= 11 is 0. The van der Waals surface area contributed by atoms with Crippen LogP contribution in [0.5, 0.6) is 0 Å². The Morgan fingerprint density at radius 1 is 1.62 bits per heavy atom. The second-order valence-electron chi connectivity index (χ2n) is 3.13. The minimum atomic E-state index is 0.0917. The quantitative estimate of drug-likeness (QED) is 0.558. The van der Waals surface area contributed by atoms with Crippen LogP contribution in [0.2, 0.25) is 0 Å². The summed E-state index contributed by atoms with van der Waals surface area (Å²) in [4.78, 5) is 3.96. The first-order valence-electron chi connectivity index (χ1n) is 4.64. The lowest BCUT2D eigenvalue weighted by molar-refractivity contribution is 0.498. The van der Waals surface area contributed by atoms with Crippen molar-refractivity contribution in [1.82, 2.24) is 9.55 Å². The number of nitrogens with zero attached hydrogens (tertiary/aromatic N) is 2. The lowest BCUT2D eigenvalue weighted by atomic mass is 10.2.